The molecular formula is C17H28N2O. The summed E-state index contributed by atoms with van der Waals surface area (Å²) in [6, 6.07) is 10.4. The summed E-state index contributed by atoms with van der Waals surface area (Å²) >= 11 is 0. The number of hydrogen-bond acceptors (Lipinski definition) is 2. The number of rotatable bonds is 8. The molecule has 0 aliphatic carbocycles. The molecule has 20 heavy (non-hydrogen) atoms. The second-order valence-electron chi connectivity index (χ2n) is 5.65. The molecule has 0 radical (unpaired) electrons. The van der Waals surface area contributed by atoms with Gasteiger partial charge in [0.1, 0.15) is 0 Å². The second-order valence-corrected chi connectivity index (χ2v) is 5.65. The lowest BCUT2D eigenvalue weighted by Crippen LogP contribution is -2.34. The van der Waals surface area contributed by atoms with E-state index in [2.05, 4.69) is 12.1 Å². The maximum Gasteiger partial charge on any atom is 0.225 e. The maximum absolute atomic E-state index is 12.4. The van der Waals surface area contributed by atoms with E-state index in [0.29, 0.717) is 6.54 Å². The van der Waals surface area contributed by atoms with Crippen LogP contribution in [0.15, 0.2) is 30.3 Å². The zero-order chi connectivity index (χ0) is 15.0. The van der Waals surface area contributed by atoms with Gasteiger partial charge in [0, 0.05) is 25.0 Å². The van der Waals surface area contributed by atoms with Crippen LogP contribution in [-0.2, 0) is 11.3 Å². The van der Waals surface area contributed by atoms with Gasteiger partial charge in [-0.3, -0.25) is 4.79 Å². The third-order valence-electron chi connectivity index (χ3n) is 3.63. The first-order valence-corrected chi connectivity index (χ1v) is 7.62. The Hall–Kier alpha value is -1.35. The van der Waals surface area contributed by atoms with E-state index in [4.69, 9.17) is 5.73 Å². The molecule has 0 saturated carbocycles. The van der Waals surface area contributed by atoms with Crippen LogP contribution >= 0.6 is 0 Å². The molecule has 0 fully saturated rings. The minimum Gasteiger partial charge on any atom is -0.338 e. The number of benzene rings is 1. The number of hydrogen-bond donors (Lipinski definition) is 1. The summed E-state index contributed by atoms with van der Waals surface area (Å²) in [5.41, 5.74) is 6.93. The lowest BCUT2D eigenvalue weighted by molar-refractivity contribution is -0.135. The highest BCUT2D eigenvalue weighted by atomic mass is 16.2. The van der Waals surface area contributed by atoms with Crippen LogP contribution in [0, 0.1) is 5.92 Å². The van der Waals surface area contributed by atoms with Crippen LogP contribution in [0.1, 0.15) is 45.6 Å². The zero-order valence-corrected chi connectivity index (χ0v) is 13.0. The molecule has 0 bridgehead atoms. The normalized spacial score (nSPS) is 13.8. The van der Waals surface area contributed by atoms with Gasteiger partial charge in [-0.2, -0.15) is 0 Å². The summed E-state index contributed by atoms with van der Waals surface area (Å²) in [6.45, 7) is 7.53. The van der Waals surface area contributed by atoms with E-state index < -0.39 is 0 Å². The summed E-state index contributed by atoms with van der Waals surface area (Å²) in [5.74, 6) is 0.332. The Kier molecular flexibility index (Phi) is 7.31. The van der Waals surface area contributed by atoms with Gasteiger partial charge < -0.3 is 10.6 Å². The van der Waals surface area contributed by atoms with E-state index in [1.165, 1.54) is 5.56 Å². The van der Waals surface area contributed by atoms with Crippen molar-refractivity contribution in [1.29, 1.82) is 0 Å². The molecule has 0 spiro atoms. The van der Waals surface area contributed by atoms with Crippen LogP contribution in [0.25, 0.3) is 0 Å². The van der Waals surface area contributed by atoms with Crippen LogP contribution in [0.5, 0.6) is 0 Å². The molecule has 0 aliphatic rings. The van der Waals surface area contributed by atoms with Crippen molar-refractivity contribution in [3.63, 3.8) is 0 Å². The molecule has 0 heterocycles. The molecule has 0 saturated heterocycles. The molecule has 3 heteroatoms. The summed E-state index contributed by atoms with van der Waals surface area (Å²) in [4.78, 5) is 14.4. The third kappa shape index (κ3) is 5.74. The first-order valence-electron chi connectivity index (χ1n) is 7.62. The highest BCUT2D eigenvalue weighted by molar-refractivity contribution is 5.78. The minimum atomic E-state index is 0.0809. The number of carbonyl (C=O) groups excluding carboxylic acids is 1. The lowest BCUT2D eigenvalue weighted by atomic mass is 10.0. The van der Waals surface area contributed by atoms with Gasteiger partial charge in [-0.05, 0) is 32.3 Å². The molecule has 2 atom stereocenters. The molecule has 112 valence electrons. The largest absolute Gasteiger partial charge is 0.338 e. The zero-order valence-electron chi connectivity index (χ0n) is 13.0. The van der Waals surface area contributed by atoms with Gasteiger partial charge in [-0.15, -0.1) is 0 Å². The quantitative estimate of drug-likeness (QED) is 0.792. The van der Waals surface area contributed by atoms with Crippen molar-refractivity contribution in [2.45, 2.75) is 52.6 Å². The molecule has 1 amide bonds. The number of carbonyl (C=O) groups is 1. The van der Waals surface area contributed by atoms with Crippen molar-refractivity contribution in [3.8, 4) is 0 Å². The van der Waals surface area contributed by atoms with Crippen LogP contribution in [0.4, 0.5) is 0 Å². The van der Waals surface area contributed by atoms with Crippen molar-refractivity contribution in [2.24, 2.45) is 11.7 Å². The van der Waals surface area contributed by atoms with Crippen molar-refractivity contribution in [3.05, 3.63) is 35.9 Å². The molecule has 2 N–H and O–H groups in total. The molecule has 0 aromatic heterocycles. The average Bonchev–Trinajstić information content (AvgIpc) is 2.44. The Bertz CT molecular complexity index is 389. The fourth-order valence-electron chi connectivity index (χ4n) is 2.33. The van der Waals surface area contributed by atoms with Crippen molar-refractivity contribution < 1.29 is 4.79 Å². The van der Waals surface area contributed by atoms with Gasteiger partial charge in [-0.1, -0.05) is 43.7 Å². The van der Waals surface area contributed by atoms with Crippen molar-refractivity contribution >= 4 is 5.91 Å². The molecule has 1 rings (SSSR count). The third-order valence-corrected chi connectivity index (χ3v) is 3.63. The number of nitrogens with two attached hydrogens (primary N) is 1. The SMILES string of the molecule is CCN(Cc1ccccc1)C(=O)C(C)CCCC(C)N. The van der Waals surface area contributed by atoms with Crippen LogP contribution in [0.3, 0.4) is 0 Å². The summed E-state index contributed by atoms with van der Waals surface area (Å²) < 4.78 is 0. The van der Waals surface area contributed by atoms with Gasteiger partial charge in [0.05, 0.1) is 0 Å². The standard InChI is InChI=1S/C17H28N2O/c1-4-19(13-16-11-6-5-7-12-16)17(20)14(2)9-8-10-15(3)18/h5-7,11-12,14-15H,4,8-10,13,18H2,1-3H3. The Morgan fingerprint density at radius 3 is 2.40 bits per heavy atom. The Labute approximate surface area is 123 Å². The highest BCUT2D eigenvalue weighted by Gasteiger charge is 2.19. The van der Waals surface area contributed by atoms with E-state index in [0.717, 1.165) is 25.8 Å². The minimum absolute atomic E-state index is 0.0809. The fourth-order valence-corrected chi connectivity index (χ4v) is 2.33. The molecule has 1 aromatic rings. The highest BCUT2D eigenvalue weighted by Crippen LogP contribution is 2.14. The van der Waals surface area contributed by atoms with Gasteiger partial charge in [0.2, 0.25) is 5.91 Å². The average molecular weight is 276 g/mol. The van der Waals surface area contributed by atoms with Gasteiger partial charge in [-0.25, -0.2) is 0 Å². The van der Waals surface area contributed by atoms with Crippen molar-refractivity contribution in [2.75, 3.05) is 6.54 Å². The fraction of sp³-hybridized carbons (Fsp3) is 0.588. The topological polar surface area (TPSA) is 46.3 Å². The first-order chi connectivity index (χ1) is 9.54. The smallest absolute Gasteiger partial charge is 0.225 e. The molecule has 3 nitrogen and oxygen atoms in total. The second kappa shape index (κ2) is 8.75. The van der Waals surface area contributed by atoms with Crippen LogP contribution in [-0.4, -0.2) is 23.4 Å². The van der Waals surface area contributed by atoms with E-state index in [9.17, 15) is 4.79 Å². The number of nitrogens with zero attached hydrogens (tertiary/aromatic N) is 1. The summed E-state index contributed by atoms with van der Waals surface area (Å²) in [6.07, 6.45) is 2.93. The summed E-state index contributed by atoms with van der Waals surface area (Å²) in [5, 5.41) is 0. The van der Waals surface area contributed by atoms with E-state index in [1.54, 1.807) is 0 Å². The maximum atomic E-state index is 12.4. The predicted octanol–water partition coefficient (Wildman–Crippen LogP) is 3.19. The van der Waals surface area contributed by atoms with Gasteiger partial charge in [0.15, 0.2) is 0 Å². The molecule has 1 aromatic carbocycles. The van der Waals surface area contributed by atoms with E-state index >= 15 is 0 Å². The van der Waals surface area contributed by atoms with Crippen LogP contribution in [0.2, 0.25) is 0 Å². The van der Waals surface area contributed by atoms with Gasteiger partial charge >= 0.3 is 0 Å². The Morgan fingerprint density at radius 2 is 1.85 bits per heavy atom. The van der Waals surface area contributed by atoms with E-state index in [-0.39, 0.29) is 17.9 Å². The molecule has 2 unspecified atom stereocenters. The van der Waals surface area contributed by atoms with Crippen molar-refractivity contribution in [1.82, 2.24) is 4.90 Å². The Balaban J connectivity index is 2.49. The van der Waals surface area contributed by atoms with E-state index in [1.807, 2.05) is 43.9 Å². The number of amides is 1. The summed E-state index contributed by atoms with van der Waals surface area (Å²) in [7, 11) is 0. The lowest BCUT2D eigenvalue weighted by Gasteiger charge is -2.24. The van der Waals surface area contributed by atoms with Crippen LogP contribution < -0.4 is 5.73 Å². The monoisotopic (exact) mass is 276 g/mol. The van der Waals surface area contributed by atoms with Gasteiger partial charge in [0.25, 0.3) is 0 Å². The molecule has 0 aliphatic heterocycles. The first kappa shape index (κ1) is 16.7. The predicted molar refractivity (Wildman–Crippen MR) is 84.2 cm³/mol. The molecular weight excluding hydrogens is 248 g/mol. The Morgan fingerprint density at radius 1 is 1.20 bits per heavy atom.